The van der Waals surface area contributed by atoms with Crippen molar-refractivity contribution in [2.75, 3.05) is 5.73 Å². The van der Waals surface area contributed by atoms with Crippen LogP contribution < -0.4 is 5.73 Å². The van der Waals surface area contributed by atoms with Gasteiger partial charge in [0.2, 0.25) is 0 Å². The van der Waals surface area contributed by atoms with E-state index in [-0.39, 0.29) is 5.75 Å². The Hall–Kier alpha value is -1.90. The Morgan fingerprint density at radius 1 is 1.37 bits per heavy atom. The van der Waals surface area contributed by atoms with Gasteiger partial charge in [-0.3, -0.25) is 4.21 Å². The second-order valence-corrected chi connectivity index (χ2v) is 5.67. The predicted molar refractivity (Wildman–Crippen MR) is 74.9 cm³/mol. The summed E-state index contributed by atoms with van der Waals surface area (Å²) in [5.41, 5.74) is 7.20. The van der Waals surface area contributed by atoms with Gasteiger partial charge in [-0.15, -0.1) is 0 Å². The van der Waals surface area contributed by atoms with E-state index >= 15 is 0 Å². The van der Waals surface area contributed by atoms with Crippen LogP contribution >= 0.6 is 11.6 Å². The van der Waals surface area contributed by atoms with Gasteiger partial charge in [0.1, 0.15) is 11.8 Å². The minimum atomic E-state index is -1.29. The summed E-state index contributed by atoms with van der Waals surface area (Å²) in [5, 5.41) is 9.15. The van der Waals surface area contributed by atoms with Crippen LogP contribution in [0.25, 0.3) is 0 Å². The van der Waals surface area contributed by atoms with Gasteiger partial charge in [-0.05, 0) is 35.9 Å². The van der Waals surface area contributed by atoms with E-state index in [2.05, 4.69) is 4.98 Å². The van der Waals surface area contributed by atoms with Crippen molar-refractivity contribution in [3.8, 4) is 6.07 Å². The molecule has 4 nitrogen and oxygen atoms in total. The van der Waals surface area contributed by atoms with Crippen LogP contribution in [0.4, 0.5) is 5.69 Å². The summed E-state index contributed by atoms with van der Waals surface area (Å²) in [4.78, 5) is 4.40. The average molecular weight is 292 g/mol. The summed E-state index contributed by atoms with van der Waals surface area (Å²) < 4.78 is 12.2. The first-order valence-corrected chi connectivity index (χ1v) is 7.08. The fourth-order valence-electron chi connectivity index (χ4n) is 1.56. The van der Waals surface area contributed by atoms with E-state index in [0.29, 0.717) is 21.3 Å². The van der Waals surface area contributed by atoms with Crippen LogP contribution in [0.2, 0.25) is 5.02 Å². The van der Waals surface area contributed by atoms with Gasteiger partial charge in [0, 0.05) is 11.9 Å². The molecule has 6 heteroatoms. The molecule has 1 heterocycles. The molecular weight excluding hydrogens is 282 g/mol. The predicted octanol–water partition coefficient (Wildman–Crippen LogP) is 2.50. The number of nitriles is 1. The minimum absolute atomic E-state index is 0.279. The molecule has 0 aliphatic carbocycles. The molecular formula is C13H10ClN3OS. The molecule has 1 unspecified atom stereocenters. The maximum absolute atomic E-state index is 12.2. The van der Waals surface area contributed by atoms with Crippen LogP contribution in [0.15, 0.2) is 41.4 Å². The Balaban J connectivity index is 2.23. The molecule has 1 atom stereocenters. The highest BCUT2D eigenvalue weighted by molar-refractivity contribution is 7.84. The van der Waals surface area contributed by atoms with Gasteiger partial charge in [-0.25, -0.2) is 4.98 Å². The van der Waals surface area contributed by atoms with Gasteiger partial charge in [0.15, 0.2) is 0 Å². The number of nitrogens with zero attached hydrogens (tertiary/aromatic N) is 2. The Morgan fingerprint density at radius 3 is 2.84 bits per heavy atom. The number of benzene rings is 1. The Morgan fingerprint density at radius 2 is 2.16 bits per heavy atom. The summed E-state index contributed by atoms with van der Waals surface area (Å²) in [5.74, 6) is 0.279. The van der Waals surface area contributed by atoms with Crippen molar-refractivity contribution >= 4 is 28.1 Å². The highest BCUT2D eigenvalue weighted by Crippen LogP contribution is 2.24. The molecule has 2 N–H and O–H groups in total. The lowest BCUT2D eigenvalue weighted by atomic mass is 10.2. The fraction of sp³-hybridized carbons (Fsp3) is 0.0769. The fourth-order valence-corrected chi connectivity index (χ4v) is 3.14. The molecule has 19 heavy (non-hydrogen) atoms. The lowest BCUT2D eigenvalue weighted by Gasteiger charge is -2.05. The maximum atomic E-state index is 12.2. The van der Waals surface area contributed by atoms with Crippen molar-refractivity contribution in [1.82, 2.24) is 4.98 Å². The van der Waals surface area contributed by atoms with Crippen LogP contribution in [0, 0.1) is 11.3 Å². The normalized spacial score (nSPS) is 11.8. The molecule has 0 saturated carbocycles. The largest absolute Gasteiger partial charge is 0.399 e. The van der Waals surface area contributed by atoms with E-state index in [1.165, 1.54) is 6.20 Å². The molecule has 0 aliphatic heterocycles. The molecule has 96 valence electrons. The zero-order valence-electron chi connectivity index (χ0n) is 9.84. The summed E-state index contributed by atoms with van der Waals surface area (Å²) >= 11 is 6.01. The molecule has 0 radical (unpaired) electrons. The summed E-state index contributed by atoms with van der Waals surface area (Å²) in [6, 6.07) is 10.2. The Bertz CT molecular complexity index is 682. The third kappa shape index (κ3) is 3.31. The number of anilines is 1. The number of nitrogen functional groups attached to an aromatic ring is 1. The highest BCUT2D eigenvalue weighted by Gasteiger charge is 2.10. The van der Waals surface area contributed by atoms with Crippen LogP contribution in [-0.4, -0.2) is 9.19 Å². The van der Waals surface area contributed by atoms with E-state index in [4.69, 9.17) is 22.6 Å². The van der Waals surface area contributed by atoms with E-state index in [0.717, 1.165) is 5.56 Å². The maximum Gasteiger partial charge on any atom is 0.140 e. The van der Waals surface area contributed by atoms with E-state index in [1.54, 1.807) is 30.3 Å². The van der Waals surface area contributed by atoms with Crippen LogP contribution in [-0.2, 0) is 16.6 Å². The number of halogens is 1. The molecule has 2 rings (SSSR count). The second kappa shape index (κ2) is 5.83. The van der Waals surface area contributed by atoms with E-state index in [1.807, 2.05) is 6.07 Å². The van der Waals surface area contributed by atoms with Crippen molar-refractivity contribution in [3.63, 3.8) is 0 Å². The molecule has 0 spiro atoms. The first-order valence-electron chi connectivity index (χ1n) is 5.38. The van der Waals surface area contributed by atoms with Gasteiger partial charge in [0.25, 0.3) is 0 Å². The molecule has 1 aromatic carbocycles. The molecule has 0 saturated heterocycles. The van der Waals surface area contributed by atoms with Crippen LogP contribution in [0.1, 0.15) is 11.3 Å². The lowest BCUT2D eigenvalue weighted by Crippen LogP contribution is -1.99. The van der Waals surface area contributed by atoms with Crippen molar-refractivity contribution in [1.29, 1.82) is 5.26 Å². The van der Waals surface area contributed by atoms with Crippen molar-refractivity contribution in [3.05, 3.63) is 52.8 Å². The summed E-state index contributed by atoms with van der Waals surface area (Å²) in [6.45, 7) is 0. The number of hydrogen-bond donors (Lipinski definition) is 1. The minimum Gasteiger partial charge on any atom is -0.399 e. The standard InChI is InChI=1S/C13H10ClN3OS/c14-12-6-10(16)1-2-13(12)19(18)8-9-3-4-17-11(5-9)7-15/h1-6H,8,16H2. The Kier molecular flexibility index (Phi) is 4.15. The van der Waals surface area contributed by atoms with Crippen LogP contribution in [0.3, 0.4) is 0 Å². The first-order chi connectivity index (χ1) is 9.10. The monoisotopic (exact) mass is 291 g/mol. The van der Waals surface area contributed by atoms with Gasteiger partial charge >= 0.3 is 0 Å². The molecule has 0 bridgehead atoms. The summed E-state index contributed by atoms with van der Waals surface area (Å²) in [6.07, 6.45) is 1.52. The van der Waals surface area contributed by atoms with E-state index in [9.17, 15) is 4.21 Å². The van der Waals surface area contributed by atoms with Gasteiger partial charge in [0.05, 0.1) is 26.5 Å². The SMILES string of the molecule is N#Cc1cc(CS(=O)c2ccc(N)cc2Cl)ccn1. The number of pyridine rings is 1. The van der Waals surface area contributed by atoms with Gasteiger partial charge in [-0.1, -0.05) is 11.6 Å². The topological polar surface area (TPSA) is 79.8 Å². The van der Waals surface area contributed by atoms with Crippen molar-refractivity contribution in [2.45, 2.75) is 10.6 Å². The van der Waals surface area contributed by atoms with E-state index < -0.39 is 10.8 Å². The smallest absolute Gasteiger partial charge is 0.140 e. The number of aromatic nitrogens is 1. The molecule has 0 aliphatic rings. The zero-order chi connectivity index (χ0) is 13.8. The molecule has 1 aromatic heterocycles. The molecule has 0 amide bonds. The molecule has 0 fully saturated rings. The highest BCUT2D eigenvalue weighted by atomic mass is 35.5. The Labute approximate surface area is 118 Å². The number of hydrogen-bond acceptors (Lipinski definition) is 4. The zero-order valence-corrected chi connectivity index (χ0v) is 11.4. The van der Waals surface area contributed by atoms with Crippen molar-refractivity contribution < 1.29 is 4.21 Å². The lowest BCUT2D eigenvalue weighted by molar-refractivity contribution is 0.682. The number of nitrogens with two attached hydrogens (primary N) is 1. The first kappa shape index (κ1) is 13.5. The van der Waals surface area contributed by atoms with Gasteiger partial charge in [-0.2, -0.15) is 5.26 Å². The quantitative estimate of drug-likeness (QED) is 0.881. The molecule has 2 aromatic rings. The number of rotatable bonds is 3. The third-order valence-corrected chi connectivity index (χ3v) is 4.30. The third-order valence-electron chi connectivity index (χ3n) is 2.44. The van der Waals surface area contributed by atoms with Crippen molar-refractivity contribution in [2.24, 2.45) is 0 Å². The average Bonchev–Trinajstić information content (AvgIpc) is 2.38. The van der Waals surface area contributed by atoms with Crippen LogP contribution in [0.5, 0.6) is 0 Å². The summed E-state index contributed by atoms with van der Waals surface area (Å²) in [7, 11) is -1.29. The van der Waals surface area contributed by atoms with Gasteiger partial charge < -0.3 is 5.73 Å². The second-order valence-electron chi connectivity index (χ2n) is 3.84.